The van der Waals surface area contributed by atoms with Crippen LogP contribution in [-0.4, -0.2) is 35.2 Å². The smallest absolute Gasteiger partial charge is 0.240 e. The summed E-state index contributed by atoms with van der Waals surface area (Å²) < 4.78 is 10.7. The Kier molecular flexibility index (Phi) is 4.76. The highest BCUT2D eigenvalue weighted by molar-refractivity contribution is 6.30. The molecule has 0 aliphatic heterocycles. The fourth-order valence-electron chi connectivity index (χ4n) is 1.59. The quantitative estimate of drug-likeness (QED) is 0.814. The molecule has 0 spiro atoms. The third-order valence-electron chi connectivity index (χ3n) is 2.51. The van der Waals surface area contributed by atoms with E-state index < -0.39 is 0 Å². The lowest BCUT2D eigenvalue weighted by Gasteiger charge is -2.14. The maximum Gasteiger partial charge on any atom is 0.240 e. The highest BCUT2D eigenvalue weighted by Crippen LogP contribution is 2.16. The molecule has 5 nitrogen and oxygen atoms in total. The number of hydrogen-bond donors (Lipinski definition) is 0. The summed E-state index contributed by atoms with van der Waals surface area (Å²) in [4.78, 5) is 6.20. The summed E-state index contributed by atoms with van der Waals surface area (Å²) >= 11 is 5.88. The summed E-state index contributed by atoms with van der Waals surface area (Å²) in [6.07, 6.45) is 0. The van der Waals surface area contributed by atoms with Crippen molar-refractivity contribution in [3.63, 3.8) is 0 Å². The number of halogens is 1. The summed E-state index contributed by atoms with van der Waals surface area (Å²) in [5.74, 6) is 2.04. The zero-order valence-corrected chi connectivity index (χ0v) is 11.7. The minimum absolute atomic E-state index is 0.573. The Balaban J connectivity index is 1.73. The molecule has 0 fully saturated rings. The first-order valence-electron chi connectivity index (χ1n) is 5.99. The summed E-state index contributed by atoms with van der Waals surface area (Å²) in [6.45, 7) is 3.74. The van der Waals surface area contributed by atoms with E-state index in [9.17, 15) is 0 Å². The Labute approximate surface area is 117 Å². The topological polar surface area (TPSA) is 51.4 Å². The van der Waals surface area contributed by atoms with Crippen LogP contribution in [0.15, 0.2) is 28.8 Å². The molecule has 0 saturated heterocycles. The van der Waals surface area contributed by atoms with Crippen molar-refractivity contribution in [2.45, 2.75) is 13.5 Å². The maximum absolute atomic E-state index is 5.88. The minimum atomic E-state index is 0.573. The van der Waals surface area contributed by atoms with Gasteiger partial charge in [-0.2, -0.15) is 4.98 Å². The number of likely N-dealkylation sites (N-methyl/N-ethyl adjacent to an activating group) is 1. The van der Waals surface area contributed by atoms with Gasteiger partial charge in [-0.05, 0) is 32.2 Å². The molecule has 0 bridgehead atoms. The van der Waals surface area contributed by atoms with Gasteiger partial charge in [-0.15, -0.1) is 0 Å². The molecule has 0 aliphatic carbocycles. The highest BCUT2D eigenvalue weighted by Gasteiger charge is 2.06. The van der Waals surface area contributed by atoms with Gasteiger partial charge in [0.25, 0.3) is 0 Å². The van der Waals surface area contributed by atoms with E-state index in [-0.39, 0.29) is 0 Å². The second-order valence-corrected chi connectivity index (χ2v) is 4.72. The Morgan fingerprint density at radius 3 is 2.95 bits per heavy atom. The molecule has 1 aromatic heterocycles. The average Bonchev–Trinajstić information content (AvgIpc) is 2.75. The second kappa shape index (κ2) is 6.54. The van der Waals surface area contributed by atoms with Gasteiger partial charge in [-0.3, -0.25) is 4.90 Å². The van der Waals surface area contributed by atoms with Gasteiger partial charge in [0, 0.05) is 11.6 Å². The van der Waals surface area contributed by atoms with Gasteiger partial charge in [0.15, 0.2) is 5.82 Å². The molecule has 1 aromatic carbocycles. The van der Waals surface area contributed by atoms with Gasteiger partial charge in [0.1, 0.15) is 12.4 Å². The van der Waals surface area contributed by atoms with Gasteiger partial charge in [-0.1, -0.05) is 22.8 Å². The number of aromatic nitrogens is 2. The number of ether oxygens (including phenoxy) is 1. The van der Waals surface area contributed by atoms with Crippen molar-refractivity contribution in [1.29, 1.82) is 0 Å². The largest absolute Gasteiger partial charge is 0.492 e. The number of hydrogen-bond acceptors (Lipinski definition) is 5. The van der Waals surface area contributed by atoms with Crippen molar-refractivity contribution >= 4 is 11.6 Å². The van der Waals surface area contributed by atoms with Crippen molar-refractivity contribution in [3.05, 3.63) is 41.0 Å². The van der Waals surface area contributed by atoms with E-state index in [4.69, 9.17) is 20.9 Å². The van der Waals surface area contributed by atoms with Crippen molar-refractivity contribution < 1.29 is 9.26 Å². The number of nitrogens with zero attached hydrogens (tertiary/aromatic N) is 3. The SMILES string of the molecule is Cc1noc(CN(C)CCOc2cccc(Cl)c2)n1. The monoisotopic (exact) mass is 281 g/mol. The van der Waals surface area contributed by atoms with Crippen molar-refractivity contribution in [2.24, 2.45) is 0 Å². The lowest BCUT2D eigenvalue weighted by Crippen LogP contribution is -2.24. The van der Waals surface area contributed by atoms with E-state index in [1.807, 2.05) is 25.2 Å². The molecule has 1 heterocycles. The molecule has 6 heteroatoms. The molecule has 0 N–H and O–H groups in total. The highest BCUT2D eigenvalue weighted by atomic mass is 35.5. The minimum Gasteiger partial charge on any atom is -0.492 e. The van der Waals surface area contributed by atoms with Gasteiger partial charge in [-0.25, -0.2) is 0 Å². The molecular formula is C13H16ClN3O2. The number of rotatable bonds is 6. The van der Waals surface area contributed by atoms with Gasteiger partial charge in [0.2, 0.25) is 5.89 Å². The third-order valence-corrected chi connectivity index (χ3v) is 2.75. The van der Waals surface area contributed by atoms with E-state index in [0.29, 0.717) is 29.9 Å². The summed E-state index contributed by atoms with van der Waals surface area (Å²) in [5.41, 5.74) is 0. The number of aryl methyl sites for hydroxylation is 1. The van der Waals surface area contributed by atoms with Crippen LogP contribution in [0.3, 0.4) is 0 Å². The Morgan fingerprint density at radius 1 is 1.42 bits per heavy atom. The lowest BCUT2D eigenvalue weighted by atomic mass is 10.3. The Bertz CT molecular complexity index is 530. The van der Waals surface area contributed by atoms with Gasteiger partial charge >= 0.3 is 0 Å². The molecular weight excluding hydrogens is 266 g/mol. The lowest BCUT2D eigenvalue weighted by molar-refractivity contribution is 0.213. The summed E-state index contributed by atoms with van der Waals surface area (Å²) in [6, 6.07) is 7.36. The molecule has 0 amide bonds. The molecule has 19 heavy (non-hydrogen) atoms. The molecule has 0 unspecified atom stereocenters. The standard InChI is InChI=1S/C13H16ClN3O2/c1-10-15-13(19-16-10)9-17(2)6-7-18-12-5-3-4-11(14)8-12/h3-5,8H,6-7,9H2,1-2H3. The second-order valence-electron chi connectivity index (χ2n) is 4.28. The molecule has 2 aromatic rings. The maximum atomic E-state index is 5.88. The van der Waals surface area contributed by atoms with Crippen molar-refractivity contribution in [1.82, 2.24) is 15.0 Å². The zero-order chi connectivity index (χ0) is 13.7. The van der Waals surface area contributed by atoms with E-state index in [0.717, 1.165) is 12.3 Å². The van der Waals surface area contributed by atoms with Crippen LogP contribution in [0.2, 0.25) is 5.02 Å². The molecule has 0 radical (unpaired) electrons. The molecule has 0 aliphatic rings. The average molecular weight is 282 g/mol. The van der Waals surface area contributed by atoms with Crippen LogP contribution < -0.4 is 4.74 Å². The van der Waals surface area contributed by atoms with E-state index in [1.165, 1.54) is 0 Å². The van der Waals surface area contributed by atoms with Crippen LogP contribution in [0.5, 0.6) is 5.75 Å². The fourth-order valence-corrected chi connectivity index (χ4v) is 1.77. The van der Waals surface area contributed by atoms with Crippen LogP contribution in [0, 0.1) is 6.92 Å². The first kappa shape index (κ1) is 13.8. The summed E-state index contributed by atoms with van der Waals surface area (Å²) in [7, 11) is 1.97. The van der Waals surface area contributed by atoms with Gasteiger partial charge < -0.3 is 9.26 Å². The molecule has 0 atom stereocenters. The third kappa shape index (κ3) is 4.54. The van der Waals surface area contributed by atoms with Crippen LogP contribution in [0.1, 0.15) is 11.7 Å². The van der Waals surface area contributed by atoms with Crippen LogP contribution in [-0.2, 0) is 6.54 Å². The zero-order valence-electron chi connectivity index (χ0n) is 11.0. The molecule has 0 saturated carbocycles. The normalized spacial score (nSPS) is 10.9. The van der Waals surface area contributed by atoms with E-state index in [2.05, 4.69) is 15.0 Å². The van der Waals surface area contributed by atoms with Crippen molar-refractivity contribution in [2.75, 3.05) is 20.2 Å². The Morgan fingerprint density at radius 2 is 2.26 bits per heavy atom. The predicted octanol–water partition coefficient (Wildman–Crippen LogP) is 2.54. The number of benzene rings is 1. The molecule has 102 valence electrons. The Hall–Kier alpha value is -1.59. The summed E-state index contributed by atoms with van der Waals surface area (Å²) in [5, 5.41) is 4.42. The van der Waals surface area contributed by atoms with Crippen LogP contribution in [0.4, 0.5) is 0 Å². The molecule has 2 rings (SSSR count). The van der Waals surface area contributed by atoms with Crippen LogP contribution >= 0.6 is 11.6 Å². The fraction of sp³-hybridized carbons (Fsp3) is 0.385. The van der Waals surface area contributed by atoms with Crippen molar-refractivity contribution in [3.8, 4) is 5.75 Å². The van der Waals surface area contributed by atoms with E-state index in [1.54, 1.807) is 13.0 Å². The van der Waals surface area contributed by atoms with Crippen LogP contribution in [0.25, 0.3) is 0 Å². The predicted molar refractivity (Wildman–Crippen MR) is 72.3 cm³/mol. The van der Waals surface area contributed by atoms with Gasteiger partial charge in [0.05, 0.1) is 6.54 Å². The first-order chi connectivity index (χ1) is 9.13. The van der Waals surface area contributed by atoms with E-state index >= 15 is 0 Å². The first-order valence-corrected chi connectivity index (χ1v) is 6.37.